The zero-order chi connectivity index (χ0) is 22.3. The summed E-state index contributed by atoms with van der Waals surface area (Å²) in [6.07, 6.45) is 0. The van der Waals surface area contributed by atoms with Crippen LogP contribution in [0.1, 0.15) is 16.2 Å². The first-order chi connectivity index (χ1) is 15.6. The van der Waals surface area contributed by atoms with Gasteiger partial charge in [0.25, 0.3) is 5.91 Å². The maximum Gasteiger partial charge on any atom is 0.361 e. The number of carbonyl (C=O) groups excluding carboxylic acids is 2. The summed E-state index contributed by atoms with van der Waals surface area (Å²) in [5, 5.41) is 2.70. The van der Waals surface area contributed by atoms with Gasteiger partial charge in [-0.1, -0.05) is 48.5 Å². The minimum atomic E-state index is -0.739. The van der Waals surface area contributed by atoms with Gasteiger partial charge in [0.2, 0.25) is 5.89 Å². The molecule has 1 amide bonds. The zero-order valence-corrected chi connectivity index (χ0v) is 17.3. The fourth-order valence-electron chi connectivity index (χ4n) is 2.95. The molecule has 0 aliphatic rings. The molecule has 0 fully saturated rings. The monoisotopic (exact) mass is 428 g/mol. The van der Waals surface area contributed by atoms with Gasteiger partial charge in [-0.3, -0.25) is 4.79 Å². The topological polar surface area (TPSA) is 90.7 Å². The van der Waals surface area contributed by atoms with Crippen molar-refractivity contribution in [3.8, 4) is 23.0 Å². The van der Waals surface area contributed by atoms with Crippen LogP contribution in [0.4, 0.5) is 5.69 Å². The summed E-state index contributed by atoms with van der Waals surface area (Å²) in [6.45, 7) is 1.14. The molecule has 4 rings (SSSR count). The van der Waals surface area contributed by atoms with Crippen molar-refractivity contribution in [2.75, 3.05) is 11.9 Å². The number of benzene rings is 3. The van der Waals surface area contributed by atoms with E-state index in [1.54, 1.807) is 31.2 Å². The Hall–Kier alpha value is -4.39. The molecule has 4 aromatic rings. The van der Waals surface area contributed by atoms with Crippen molar-refractivity contribution in [2.45, 2.75) is 6.92 Å². The number of para-hydroxylation sites is 3. The first kappa shape index (κ1) is 20.9. The van der Waals surface area contributed by atoms with Crippen LogP contribution in [0.2, 0.25) is 0 Å². The van der Waals surface area contributed by atoms with E-state index in [4.69, 9.17) is 13.9 Å². The Labute approximate surface area is 184 Å². The average Bonchev–Trinajstić information content (AvgIpc) is 3.22. The minimum Gasteiger partial charge on any atom is -0.455 e. The second kappa shape index (κ2) is 9.61. The minimum absolute atomic E-state index is 0.0319. The van der Waals surface area contributed by atoms with Crippen molar-refractivity contribution >= 4 is 17.6 Å². The summed E-state index contributed by atoms with van der Waals surface area (Å²) in [6, 6.07) is 25.4. The van der Waals surface area contributed by atoms with Crippen molar-refractivity contribution in [1.82, 2.24) is 4.98 Å². The molecule has 0 aliphatic carbocycles. The van der Waals surface area contributed by atoms with Crippen LogP contribution in [0.15, 0.2) is 89.3 Å². The number of ether oxygens (including phenoxy) is 2. The SMILES string of the molecule is Cc1oc(-c2ccccc2)nc1C(=O)OCC(=O)Nc1ccccc1Oc1ccccc1. The van der Waals surface area contributed by atoms with Gasteiger partial charge in [0.15, 0.2) is 18.1 Å². The molecule has 7 nitrogen and oxygen atoms in total. The summed E-state index contributed by atoms with van der Waals surface area (Å²) in [5.74, 6) is 0.487. The molecule has 1 aromatic heterocycles. The number of amides is 1. The Morgan fingerprint density at radius 3 is 2.31 bits per heavy atom. The van der Waals surface area contributed by atoms with Crippen LogP contribution in [0, 0.1) is 6.92 Å². The van der Waals surface area contributed by atoms with Crippen molar-refractivity contribution in [3.63, 3.8) is 0 Å². The molecule has 0 saturated heterocycles. The lowest BCUT2D eigenvalue weighted by atomic mass is 10.2. The van der Waals surface area contributed by atoms with Gasteiger partial charge in [-0.25, -0.2) is 9.78 Å². The predicted octanol–water partition coefficient (Wildman–Crippen LogP) is 5.24. The smallest absolute Gasteiger partial charge is 0.361 e. The summed E-state index contributed by atoms with van der Waals surface area (Å²) in [7, 11) is 0. The molecule has 0 radical (unpaired) electrons. The van der Waals surface area contributed by atoms with Crippen molar-refractivity contribution in [1.29, 1.82) is 0 Å². The fraction of sp³-hybridized carbons (Fsp3) is 0.0800. The maximum absolute atomic E-state index is 12.4. The zero-order valence-electron chi connectivity index (χ0n) is 17.3. The molecule has 32 heavy (non-hydrogen) atoms. The number of hydrogen-bond acceptors (Lipinski definition) is 6. The third kappa shape index (κ3) is 5.02. The number of nitrogens with one attached hydrogen (secondary N) is 1. The molecule has 0 saturated carbocycles. The first-order valence-corrected chi connectivity index (χ1v) is 9.92. The van der Waals surface area contributed by atoms with Crippen molar-refractivity contribution < 1.29 is 23.5 Å². The predicted molar refractivity (Wildman–Crippen MR) is 119 cm³/mol. The number of oxazole rings is 1. The van der Waals surface area contributed by atoms with Crippen LogP contribution < -0.4 is 10.1 Å². The number of aryl methyl sites for hydroxylation is 1. The highest BCUT2D eigenvalue weighted by molar-refractivity contribution is 5.96. The number of hydrogen-bond donors (Lipinski definition) is 1. The van der Waals surface area contributed by atoms with Gasteiger partial charge in [-0.05, 0) is 43.3 Å². The van der Waals surface area contributed by atoms with Gasteiger partial charge >= 0.3 is 5.97 Å². The highest BCUT2D eigenvalue weighted by Gasteiger charge is 2.20. The molecule has 0 unspecified atom stereocenters. The van der Waals surface area contributed by atoms with Crippen molar-refractivity contribution in [2.24, 2.45) is 0 Å². The van der Waals surface area contributed by atoms with Gasteiger partial charge in [0.05, 0.1) is 5.69 Å². The number of rotatable bonds is 7. The lowest BCUT2D eigenvalue weighted by molar-refractivity contribution is -0.119. The van der Waals surface area contributed by atoms with Gasteiger partial charge in [-0.2, -0.15) is 0 Å². The molecule has 7 heteroatoms. The Morgan fingerprint density at radius 2 is 1.56 bits per heavy atom. The Balaban J connectivity index is 1.38. The second-order valence-electron chi connectivity index (χ2n) is 6.83. The lowest BCUT2D eigenvalue weighted by Crippen LogP contribution is -2.21. The van der Waals surface area contributed by atoms with E-state index in [9.17, 15) is 9.59 Å². The number of esters is 1. The van der Waals surface area contributed by atoms with Gasteiger partial charge < -0.3 is 19.2 Å². The van der Waals surface area contributed by atoms with E-state index in [1.807, 2.05) is 60.7 Å². The molecule has 0 spiro atoms. The molecule has 0 atom stereocenters. The van der Waals surface area contributed by atoms with Crippen LogP contribution in [-0.2, 0) is 9.53 Å². The summed E-state index contributed by atoms with van der Waals surface area (Å²) in [4.78, 5) is 29.0. The molecule has 0 bridgehead atoms. The van der Waals surface area contributed by atoms with Crippen LogP contribution in [-0.4, -0.2) is 23.5 Å². The molecular formula is C25H20N2O5. The first-order valence-electron chi connectivity index (χ1n) is 9.92. The molecule has 1 heterocycles. The number of anilines is 1. The van der Waals surface area contributed by atoms with Gasteiger partial charge in [-0.15, -0.1) is 0 Å². The molecule has 0 aliphatic heterocycles. The third-order valence-corrected chi connectivity index (χ3v) is 4.48. The Bertz CT molecular complexity index is 1220. The van der Waals surface area contributed by atoms with E-state index < -0.39 is 18.5 Å². The summed E-state index contributed by atoms with van der Waals surface area (Å²) >= 11 is 0. The Kier molecular flexibility index (Phi) is 6.27. The summed E-state index contributed by atoms with van der Waals surface area (Å²) < 4.78 is 16.5. The standard InChI is InChI=1S/C25H20N2O5/c1-17-23(27-24(31-17)18-10-4-2-5-11-18)25(29)30-16-22(28)26-20-14-8-9-15-21(20)32-19-12-6-3-7-13-19/h2-15H,16H2,1H3,(H,26,28). The molecule has 3 aromatic carbocycles. The van der Waals surface area contributed by atoms with E-state index in [2.05, 4.69) is 10.3 Å². The Morgan fingerprint density at radius 1 is 0.906 bits per heavy atom. The molecule has 160 valence electrons. The van der Waals surface area contributed by atoms with E-state index in [0.717, 1.165) is 5.56 Å². The quantitative estimate of drug-likeness (QED) is 0.405. The highest BCUT2D eigenvalue weighted by Crippen LogP contribution is 2.29. The van der Waals surface area contributed by atoms with E-state index >= 15 is 0 Å². The van der Waals surface area contributed by atoms with E-state index in [1.165, 1.54) is 0 Å². The molecular weight excluding hydrogens is 408 g/mol. The normalized spacial score (nSPS) is 10.4. The maximum atomic E-state index is 12.4. The van der Waals surface area contributed by atoms with E-state index in [0.29, 0.717) is 28.8 Å². The van der Waals surface area contributed by atoms with Crippen LogP contribution in [0.25, 0.3) is 11.5 Å². The average molecular weight is 428 g/mol. The number of aromatic nitrogens is 1. The van der Waals surface area contributed by atoms with E-state index in [-0.39, 0.29) is 5.69 Å². The van der Waals surface area contributed by atoms with Gasteiger partial charge in [0, 0.05) is 5.56 Å². The number of carbonyl (C=O) groups is 2. The van der Waals surface area contributed by atoms with Crippen LogP contribution in [0.5, 0.6) is 11.5 Å². The molecule has 1 N–H and O–H groups in total. The largest absolute Gasteiger partial charge is 0.455 e. The van der Waals surface area contributed by atoms with Crippen molar-refractivity contribution in [3.05, 3.63) is 96.4 Å². The highest BCUT2D eigenvalue weighted by atomic mass is 16.5. The van der Waals surface area contributed by atoms with Crippen LogP contribution in [0.3, 0.4) is 0 Å². The number of nitrogens with zero attached hydrogens (tertiary/aromatic N) is 1. The fourth-order valence-corrected chi connectivity index (χ4v) is 2.95. The second-order valence-corrected chi connectivity index (χ2v) is 6.83. The third-order valence-electron chi connectivity index (χ3n) is 4.48. The van der Waals surface area contributed by atoms with Crippen LogP contribution >= 0.6 is 0 Å². The van der Waals surface area contributed by atoms with Gasteiger partial charge in [0.1, 0.15) is 11.5 Å². The summed E-state index contributed by atoms with van der Waals surface area (Å²) in [5.41, 5.74) is 1.23. The lowest BCUT2D eigenvalue weighted by Gasteiger charge is -2.12.